The van der Waals surface area contributed by atoms with Crippen molar-refractivity contribution in [2.24, 2.45) is 5.92 Å². The molecule has 0 saturated heterocycles. The molecule has 0 aromatic rings. The minimum absolute atomic E-state index is 0.218. The van der Waals surface area contributed by atoms with E-state index in [4.69, 9.17) is 4.74 Å². The van der Waals surface area contributed by atoms with E-state index in [0.717, 1.165) is 12.8 Å². The molecule has 88 valence electrons. The van der Waals surface area contributed by atoms with Crippen molar-refractivity contribution >= 4 is 21.8 Å². The maximum absolute atomic E-state index is 11.7. The molecule has 1 saturated carbocycles. The lowest BCUT2D eigenvalue weighted by Gasteiger charge is -2.21. The van der Waals surface area contributed by atoms with Gasteiger partial charge in [0.05, 0.1) is 11.4 Å². The van der Waals surface area contributed by atoms with Crippen LogP contribution in [-0.2, 0) is 9.53 Å². The van der Waals surface area contributed by atoms with E-state index in [2.05, 4.69) is 21.2 Å². The van der Waals surface area contributed by atoms with Crippen molar-refractivity contribution < 1.29 is 9.53 Å². The van der Waals surface area contributed by atoms with Gasteiger partial charge in [0.1, 0.15) is 0 Å². The molecular formula is C11H20BrNO2. The molecule has 0 spiro atoms. The lowest BCUT2D eigenvalue weighted by Crippen LogP contribution is -2.36. The smallest absolute Gasteiger partial charge is 0.223 e. The number of amides is 1. The normalized spacial score (nSPS) is 19.9. The Bertz CT molecular complexity index is 193. The molecule has 1 atom stereocenters. The van der Waals surface area contributed by atoms with E-state index < -0.39 is 0 Å². The van der Waals surface area contributed by atoms with Crippen LogP contribution in [0, 0.1) is 5.92 Å². The number of rotatable bonds is 5. The second-order valence-electron chi connectivity index (χ2n) is 4.13. The summed E-state index contributed by atoms with van der Waals surface area (Å²) >= 11 is 3.45. The van der Waals surface area contributed by atoms with E-state index in [1.807, 2.05) is 0 Å². The second-order valence-corrected chi connectivity index (χ2v) is 5.43. The molecule has 0 aliphatic heterocycles. The number of hydrogen-bond donors (Lipinski definition) is 1. The first-order valence-electron chi connectivity index (χ1n) is 5.64. The van der Waals surface area contributed by atoms with Crippen LogP contribution >= 0.6 is 15.9 Å². The minimum atomic E-state index is 0.218. The highest BCUT2D eigenvalue weighted by atomic mass is 79.9. The van der Waals surface area contributed by atoms with Crippen LogP contribution in [0.15, 0.2) is 0 Å². The van der Waals surface area contributed by atoms with Crippen LogP contribution < -0.4 is 5.32 Å². The molecule has 1 aliphatic rings. The lowest BCUT2D eigenvalue weighted by molar-refractivity contribution is -0.125. The molecular weight excluding hydrogens is 258 g/mol. The first-order valence-corrected chi connectivity index (χ1v) is 6.56. The molecule has 3 nitrogen and oxygen atoms in total. The molecule has 1 aliphatic carbocycles. The summed E-state index contributed by atoms with van der Waals surface area (Å²) in [4.78, 5) is 12.0. The van der Waals surface area contributed by atoms with E-state index in [1.165, 1.54) is 19.3 Å². The molecule has 1 rings (SSSR count). The van der Waals surface area contributed by atoms with Gasteiger partial charge in [-0.05, 0) is 12.8 Å². The number of methoxy groups -OCH3 is 1. The van der Waals surface area contributed by atoms with Gasteiger partial charge in [0.25, 0.3) is 0 Å². The molecule has 1 amide bonds. The topological polar surface area (TPSA) is 38.3 Å². The number of ether oxygens (including phenoxy) is 1. The third-order valence-corrected chi connectivity index (χ3v) is 3.41. The van der Waals surface area contributed by atoms with E-state index in [-0.39, 0.29) is 16.7 Å². The standard InChI is InChI=1S/C11H20BrNO2/c1-15-8-10(12)7-13-11(14)9-5-3-2-4-6-9/h9-10H,2-8H2,1H3,(H,13,14). The molecule has 0 aromatic carbocycles. The average Bonchev–Trinajstić information content (AvgIpc) is 2.27. The molecule has 4 heteroatoms. The summed E-state index contributed by atoms with van der Waals surface area (Å²) in [5, 5.41) is 2.97. The summed E-state index contributed by atoms with van der Waals surface area (Å²) in [6, 6.07) is 0. The van der Waals surface area contributed by atoms with Crippen LogP contribution in [0.3, 0.4) is 0 Å². The Hall–Kier alpha value is -0.0900. The van der Waals surface area contributed by atoms with Gasteiger partial charge >= 0.3 is 0 Å². The zero-order valence-corrected chi connectivity index (χ0v) is 10.9. The van der Waals surface area contributed by atoms with Gasteiger partial charge in [-0.1, -0.05) is 35.2 Å². The Balaban J connectivity index is 2.16. The Kier molecular flexibility index (Phi) is 6.25. The Morgan fingerprint density at radius 1 is 1.47 bits per heavy atom. The molecule has 15 heavy (non-hydrogen) atoms. The van der Waals surface area contributed by atoms with E-state index >= 15 is 0 Å². The zero-order chi connectivity index (χ0) is 11.1. The summed E-state index contributed by atoms with van der Waals surface area (Å²) in [7, 11) is 1.66. The molecule has 0 aromatic heterocycles. The van der Waals surface area contributed by atoms with E-state index in [0.29, 0.717) is 13.2 Å². The molecule has 0 heterocycles. The van der Waals surface area contributed by atoms with Crippen molar-refractivity contribution in [3.63, 3.8) is 0 Å². The zero-order valence-electron chi connectivity index (χ0n) is 9.30. The van der Waals surface area contributed by atoms with Crippen LogP contribution in [0.2, 0.25) is 0 Å². The van der Waals surface area contributed by atoms with E-state index in [9.17, 15) is 4.79 Å². The molecule has 0 radical (unpaired) electrons. The summed E-state index contributed by atoms with van der Waals surface area (Å²) in [6.07, 6.45) is 5.81. The highest BCUT2D eigenvalue weighted by molar-refractivity contribution is 9.09. The fraction of sp³-hybridized carbons (Fsp3) is 0.909. The van der Waals surface area contributed by atoms with Crippen molar-refractivity contribution in [1.29, 1.82) is 0 Å². The van der Waals surface area contributed by atoms with Crippen molar-refractivity contribution in [3.8, 4) is 0 Å². The van der Waals surface area contributed by atoms with Gasteiger partial charge in [0, 0.05) is 19.6 Å². The Labute approximate surface area is 100 Å². The Morgan fingerprint density at radius 3 is 2.73 bits per heavy atom. The first-order chi connectivity index (χ1) is 7.24. The Morgan fingerprint density at radius 2 is 2.13 bits per heavy atom. The molecule has 1 fully saturated rings. The van der Waals surface area contributed by atoms with Crippen LogP contribution in [0.1, 0.15) is 32.1 Å². The average molecular weight is 278 g/mol. The monoisotopic (exact) mass is 277 g/mol. The second kappa shape index (κ2) is 7.23. The summed E-state index contributed by atoms with van der Waals surface area (Å²) in [5.74, 6) is 0.469. The first kappa shape index (κ1) is 13.0. The fourth-order valence-corrected chi connectivity index (χ4v) is 2.39. The summed E-state index contributed by atoms with van der Waals surface area (Å²) < 4.78 is 4.98. The van der Waals surface area contributed by atoms with Gasteiger partial charge in [-0.25, -0.2) is 0 Å². The number of alkyl halides is 1. The van der Waals surface area contributed by atoms with Crippen LogP contribution in [0.4, 0.5) is 0 Å². The largest absolute Gasteiger partial charge is 0.383 e. The highest BCUT2D eigenvalue weighted by Crippen LogP contribution is 2.23. The van der Waals surface area contributed by atoms with Gasteiger partial charge in [0.15, 0.2) is 0 Å². The SMILES string of the molecule is COCC(Br)CNC(=O)C1CCCCC1. The lowest BCUT2D eigenvalue weighted by atomic mass is 9.89. The number of carbonyl (C=O) groups is 1. The number of nitrogens with one attached hydrogen (secondary N) is 1. The van der Waals surface area contributed by atoms with Gasteiger partial charge < -0.3 is 10.1 Å². The van der Waals surface area contributed by atoms with Gasteiger partial charge in [0.2, 0.25) is 5.91 Å². The molecule has 1 unspecified atom stereocenters. The molecule has 0 bridgehead atoms. The predicted octanol–water partition coefficient (Wildman–Crippen LogP) is 2.09. The molecule has 1 N–H and O–H groups in total. The highest BCUT2D eigenvalue weighted by Gasteiger charge is 2.21. The van der Waals surface area contributed by atoms with Gasteiger partial charge in [-0.3, -0.25) is 4.79 Å². The maximum Gasteiger partial charge on any atom is 0.223 e. The predicted molar refractivity (Wildman–Crippen MR) is 64.2 cm³/mol. The van der Waals surface area contributed by atoms with Crippen molar-refractivity contribution in [3.05, 3.63) is 0 Å². The number of hydrogen-bond acceptors (Lipinski definition) is 2. The summed E-state index contributed by atoms with van der Waals surface area (Å²) in [6.45, 7) is 1.29. The maximum atomic E-state index is 11.7. The van der Waals surface area contributed by atoms with E-state index in [1.54, 1.807) is 7.11 Å². The fourth-order valence-electron chi connectivity index (χ4n) is 1.96. The van der Waals surface area contributed by atoms with Gasteiger partial charge in [-0.15, -0.1) is 0 Å². The number of carbonyl (C=O) groups excluding carboxylic acids is 1. The van der Waals surface area contributed by atoms with Crippen molar-refractivity contribution in [2.75, 3.05) is 20.3 Å². The third kappa shape index (κ3) is 4.98. The van der Waals surface area contributed by atoms with Crippen LogP contribution in [0.5, 0.6) is 0 Å². The summed E-state index contributed by atoms with van der Waals surface area (Å²) in [5.41, 5.74) is 0. The minimum Gasteiger partial charge on any atom is -0.383 e. The van der Waals surface area contributed by atoms with Crippen molar-refractivity contribution in [1.82, 2.24) is 5.32 Å². The van der Waals surface area contributed by atoms with Crippen LogP contribution in [-0.4, -0.2) is 31.0 Å². The quantitative estimate of drug-likeness (QED) is 0.782. The van der Waals surface area contributed by atoms with Gasteiger partial charge in [-0.2, -0.15) is 0 Å². The third-order valence-electron chi connectivity index (χ3n) is 2.82. The van der Waals surface area contributed by atoms with Crippen LogP contribution in [0.25, 0.3) is 0 Å². The number of halogens is 1. The van der Waals surface area contributed by atoms with Crippen molar-refractivity contribution in [2.45, 2.75) is 36.9 Å².